The summed E-state index contributed by atoms with van der Waals surface area (Å²) in [6, 6.07) is 7.06. The van der Waals surface area contributed by atoms with Gasteiger partial charge >= 0.3 is 29.6 Å². The highest BCUT2D eigenvalue weighted by Crippen LogP contribution is 2.46. The van der Waals surface area contributed by atoms with Gasteiger partial charge in [0.2, 0.25) is 0 Å². The highest BCUT2D eigenvalue weighted by atomic mass is 19.3. The number of nitrogens with zero attached hydrogens (tertiary/aromatic N) is 2. The topological polar surface area (TPSA) is 84.0 Å². The van der Waals surface area contributed by atoms with E-state index in [-0.39, 0.29) is 0 Å². The molecule has 2 aromatic heterocycles. The van der Waals surface area contributed by atoms with E-state index >= 15 is 0 Å². The van der Waals surface area contributed by atoms with E-state index in [1.807, 2.05) is 0 Å². The molecule has 0 spiro atoms. The van der Waals surface area contributed by atoms with Gasteiger partial charge in [-0.2, -0.15) is 26.3 Å². The van der Waals surface area contributed by atoms with E-state index in [9.17, 15) is 35.9 Å². The number of carbonyl (C=O) groups is 2. The average Bonchev–Trinajstić information content (AvgIpc) is 2.63. The molecule has 2 rings (SSSR count). The average molecular weight is 392 g/mol. The molecule has 0 fully saturated rings. The normalized spacial score (nSPS) is 12.4. The van der Waals surface area contributed by atoms with Crippen LogP contribution < -0.4 is 10.6 Å². The number of alkyl halides is 6. The fraction of sp³-hybridized carbons (Fsp3) is 0.200. The van der Waals surface area contributed by atoms with Crippen molar-refractivity contribution in [3.05, 3.63) is 48.8 Å². The van der Waals surface area contributed by atoms with Gasteiger partial charge in [0.1, 0.15) is 11.6 Å². The van der Waals surface area contributed by atoms with Crippen molar-refractivity contribution in [1.82, 2.24) is 9.97 Å². The van der Waals surface area contributed by atoms with Gasteiger partial charge in [0, 0.05) is 12.4 Å². The standard InChI is InChI=1S/C15H10F6N4O2/c16-13(17,11(26)24-9-5-1-3-7-22-9)15(20,21)14(18,19)12(27)25-10-6-2-4-8-23-10/h1-8H,(H,22,24,26)(H,23,25,27). The summed E-state index contributed by atoms with van der Waals surface area (Å²) in [6.45, 7) is 0. The summed E-state index contributed by atoms with van der Waals surface area (Å²) in [5, 5.41) is 2.58. The Balaban J connectivity index is 2.24. The maximum atomic E-state index is 13.8. The SMILES string of the molecule is O=C(Nc1ccccn1)C(F)(F)C(F)(F)C(F)(F)C(=O)Nc1ccccn1. The predicted octanol–water partition coefficient (Wildman–Crippen LogP) is 2.96. The second kappa shape index (κ2) is 7.21. The molecule has 2 heterocycles. The number of carbonyl (C=O) groups excluding carboxylic acids is 2. The number of hydrogen-bond acceptors (Lipinski definition) is 4. The van der Waals surface area contributed by atoms with Crippen molar-refractivity contribution in [3.63, 3.8) is 0 Å². The van der Waals surface area contributed by atoms with Gasteiger partial charge in [0.25, 0.3) is 0 Å². The fourth-order valence-corrected chi connectivity index (χ4v) is 1.75. The third-order valence-corrected chi connectivity index (χ3v) is 3.17. The Kier molecular flexibility index (Phi) is 5.38. The van der Waals surface area contributed by atoms with Crippen molar-refractivity contribution in [2.24, 2.45) is 0 Å². The van der Waals surface area contributed by atoms with Gasteiger partial charge in [0.05, 0.1) is 0 Å². The quantitative estimate of drug-likeness (QED) is 0.741. The minimum atomic E-state index is -6.35. The predicted molar refractivity (Wildman–Crippen MR) is 80.6 cm³/mol. The molecule has 0 radical (unpaired) electrons. The lowest BCUT2D eigenvalue weighted by atomic mass is 10.0. The highest BCUT2D eigenvalue weighted by molar-refractivity contribution is 6.00. The molecule has 2 amide bonds. The Bertz CT molecular complexity index is 750. The van der Waals surface area contributed by atoms with Crippen LogP contribution in [0.1, 0.15) is 0 Å². The Labute approximate surface area is 147 Å². The van der Waals surface area contributed by atoms with Crippen LogP contribution in [0.15, 0.2) is 48.8 Å². The first-order valence-electron chi connectivity index (χ1n) is 7.08. The molecule has 12 heteroatoms. The second-order valence-corrected chi connectivity index (χ2v) is 5.06. The molecule has 0 unspecified atom stereocenters. The van der Waals surface area contributed by atoms with E-state index in [1.165, 1.54) is 34.9 Å². The van der Waals surface area contributed by atoms with E-state index in [0.717, 1.165) is 24.5 Å². The van der Waals surface area contributed by atoms with Crippen LogP contribution in [0.25, 0.3) is 0 Å². The van der Waals surface area contributed by atoms with Crippen molar-refractivity contribution >= 4 is 23.5 Å². The molecule has 0 aromatic carbocycles. The van der Waals surface area contributed by atoms with Crippen molar-refractivity contribution in [3.8, 4) is 0 Å². The maximum Gasteiger partial charge on any atom is 0.393 e. The summed E-state index contributed by atoms with van der Waals surface area (Å²) in [5.74, 6) is -24.9. The van der Waals surface area contributed by atoms with E-state index < -0.39 is 41.2 Å². The van der Waals surface area contributed by atoms with E-state index in [1.54, 1.807) is 0 Å². The van der Waals surface area contributed by atoms with Crippen LogP contribution >= 0.6 is 0 Å². The van der Waals surface area contributed by atoms with Gasteiger partial charge in [-0.3, -0.25) is 9.59 Å². The molecule has 0 saturated carbocycles. The number of aromatic nitrogens is 2. The molecule has 2 aromatic rings. The summed E-state index contributed by atoms with van der Waals surface area (Å²) < 4.78 is 82.9. The largest absolute Gasteiger partial charge is 0.393 e. The van der Waals surface area contributed by atoms with Crippen molar-refractivity contribution in [1.29, 1.82) is 0 Å². The van der Waals surface area contributed by atoms with E-state index in [0.29, 0.717) is 0 Å². The molecule has 0 aliphatic heterocycles. The lowest BCUT2D eigenvalue weighted by molar-refractivity contribution is -0.283. The number of anilines is 2. The third-order valence-electron chi connectivity index (χ3n) is 3.17. The monoisotopic (exact) mass is 392 g/mol. The van der Waals surface area contributed by atoms with Crippen molar-refractivity contribution < 1.29 is 35.9 Å². The number of rotatable bonds is 6. The smallest absolute Gasteiger partial charge is 0.305 e. The maximum absolute atomic E-state index is 13.8. The number of halogens is 6. The number of pyridine rings is 2. The summed E-state index contributed by atoms with van der Waals surface area (Å²) in [7, 11) is 0. The minimum Gasteiger partial charge on any atom is -0.305 e. The second-order valence-electron chi connectivity index (χ2n) is 5.06. The molecule has 0 aliphatic carbocycles. The summed E-state index contributed by atoms with van der Waals surface area (Å²) in [4.78, 5) is 29.7. The zero-order valence-electron chi connectivity index (χ0n) is 13.1. The number of amides is 2. The zero-order valence-corrected chi connectivity index (χ0v) is 13.1. The van der Waals surface area contributed by atoms with Gasteiger partial charge < -0.3 is 10.6 Å². The summed E-state index contributed by atoms with van der Waals surface area (Å²) in [5.41, 5.74) is 0. The molecule has 6 nitrogen and oxygen atoms in total. The van der Waals surface area contributed by atoms with Crippen molar-refractivity contribution in [2.75, 3.05) is 10.6 Å². The first-order chi connectivity index (χ1) is 12.5. The highest BCUT2D eigenvalue weighted by Gasteiger charge is 2.78. The van der Waals surface area contributed by atoms with E-state index in [2.05, 4.69) is 9.97 Å². The lowest BCUT2D eigenvalue weighted by Gasteiger charge is -2.30. The third kappa shape index (κ3) is 3.83. The van der Waals surface area contributed by atoms with Gasteiger partial charge in [0.15, 0.2) is 0 Å². The minimum absolute atomic E-state index is 0.570. The lowest BCUT2D eigenvalue weighted by Crippen LogP contribution is -2.63. The number of hydrogen-bond donors (Lipinski definition) is 2. The molecule has 2 N–H and O–H groups in total. The summed E-state index contributed by atoms with van der Waals surface area (Å²) >= 11 is 0. The Hall–Kier alpha value is -3.18. The Morgan fingerprint density at radius 3 is 1.37 bits per heavy atom. The van der Waals surface area contributed by atoms with Crippen LogP contribution in [0.4, 0.5) is 38.0 Å². The van der Waals surface area contributed by atoms with Gasteiger partial charge in [-0.1, -0.05) is 12.1 Å². The Morgan fingerprint density at radius 2 is 1.07 bits per heavy atom. The van der Waals surface area contributed by atoms with Gasteiger partial charge in [-0.25, -0.2) is 9.97 Å². The molecule has 0 aliphatic rings. The zero-order chi connectivity index (χ0) is 20.3. The first kappa shape index (κ1) is 20.1. The van der Waals surface area contributed by atoms with E-state index in [4.69, 9.17) is 0 Å². The fourth-order valence-electron chi connectivity index (χ4n) is 1.75. The van der Waals surface area contributed by atoms with Crippen LogP contribution in [0, 0.1) is 0 Å². The van der Waals surface area contributed by atoms with Crippen LogP contribution in [-0.4, -0.2) is 39.5 Å². The van der Waals surface area contributed by atoms with Gasteiger partial charge in [-0.05, 0) is 24.3 Å². The molecule has 0 saturated heterocycles. The number of nitrogens with one attached hydrogen (secondary N) is 2. The first-order valence-corrected chi connectivity index (χ1v) is 7.08. The molecular formula is C15H10F6N4O2. The molecule has 27 heavy (non-hydrogen) atoms. The Morgan fingerprint density at radius 1 is 0.704 bits per heavy atom. The van der Waals surface area contributed by atoms with Crippen molar-refractivity contribution in [2.45, 2.75) is 17.8 Å². The van der Waals surface area contributed by atoms with Crippen LogP contribution in [0.5, 0.6) is 0 Å². The van der Waals surface area contributed by atoms with Gasteiger partial charge in [-0.15, -0.1) is 0 Å². The molecular weight excluding hydrogens is 382 g/mol. The van der Waals surface area contributed by atoms with Crippen LogP contribution in [0.3, 0.4) is 0 Å². The van der Waals surface area contributed by atoms with Crippen LogP contribution in [-0.2, 0) is 9.59 Å². The molecule has 144 valence electrons. The summed E-state index contributed by atoms with van der Waals surface area (Å²) in [6.07, 6.45) is 2.08. The molecule has 0 atom stereocenters. The molecule has 0 bridgehead atoms. The van der Waals surface area contributed by atoms with Crippen LogP contribution in [0.2, 0.25) is 0 Å².